The maximum atomic E-state index is 2.89. The molecule has 0 aromatic carbocycles. The Balaban J connectivity index is 1.37. The minimum atomic E-state index is 0.953. The highest BCUT2D eigenvalue weighted by molar-refractivity contribution is 4.99. The molecule has 2 saturated carbocycles. The van der Waals surface area contributed by atoms with Gasteiger partial charge in [0.25, 0.3) is 0 Å². The van der Waals surface area contributed by atoms with Gasteiger partial charge in [-0.05, 0) is 62.3 Å². The lowest BCUT2D eigenvalue weighted by molar-refractivity contribution is 0.205. The first-order valence-electron chi connectivity index (χ1n) is 8.11. The number of hydrogen-bond acceptors (Lipinski definition) is 2. The molecule has 0 amide bonds. The fourth-order valence-corrected chi connectivity index (χ4v) is 5.74. The third kappa shape index (κ3) is 1.84. The largest absolute Gasteiger partial charge is 0.306 e. The third-order valence-corrected chi connectivity index (χ3v) is 6.44. The van der Waals surface area contributed by atoms with Crippen molar-refractivity contribution < 1.29 is 0 Å². The molecule has 0 spiro atoms. The molecule has 0 bridgehead atoms. The predicted molar refractivity (Wildman–Crippen MR) is 74.5 cm³/mol. The SMILES string of the molecule is CC1C[C@H]2CN(C3C[C@H]4CN(C)C[C@@H]4C3)C[C@@H]2C1. The molecule has 4 aliphatic rings. The molecule has 0 N–H and O–H groups in total. The Kier molecular flexibility index (Phi) is 2.74. The summed E-state index contributed by atoms with van der Waals surface area (Å²) in [6.45, 7) is 8.08. The molecule has 0 radical (unpaired) electrons. The van der Waals surface area contributed by atoms with E-state index in [9.17, 15) is 0 Å². The van der Waals surface area contributed by atoms with E-state index in [0.717, 1.165) is 35.6 Å². The summed E-state index contributed by atoms with van der Waals surface area (Å²) in [6.07, 6.45) is 6.04. The highest BCUT2D eigenvalue weighted by atomic mass is 15.2. The zero-order chi connectivity index (χ0) is 12.3. The summed E-state index contributed by atoms with van der Waals surface area (Å²) >= 11 is 0. The van der Waals surface area contributed by atoms with Gasteiger partial charge in [-0.1, -0.05) is 6.92 Å². The molecule has 2 nitrogen and oxygen atoms in total. The first-order valence-corrected chi connectivity index (χ1v) is 8.11. The van der Waals surface area contributed by atoms with E-state index in [-0.39, 0.29) is 0 Å². The Morgan fingerprint density at radius 1 is 0.722 bits per heavy atom. The molecule has 2 heterocycles. The van der Waals surface area contributed by atoms with Crippen molar-refractivity contribution >= 4 is 0 Å². The summed E-state index contributed by atoms with van der Waals surface area (Å²) in [5.74, 6) is 5.18. The van der Waals surface area contributed by atoms with Crippen LogP contribution in [0.4, 0.5) is 0 Å². The van der Waals surface area contributed by atoms with Gasteiger partial charge < -0.3 is 4.90 Å². The van der Waals surface area contributed by atoms with Gasteiger partial charge in [-0.25, -0.2) is 0 Å². The van der Waals surface area contributed by atoms with Crippen LogP contribution in [0, 0.1) is 29.6 Å². The lowest BCUT2D eigenvalue weighted by atomic mass is 10.0. The number of rotatable bonds is 1. The summed E-state index contributed by atoms with van der Waals surface area (Å²) in [5, 5.41) is 0. The first-order chi connectivity index (χ1) is 8.69. The molecule has 0 aromatic heterocycles. The molecule has 18 heavy (non-hydrogen) atoms. The highest BCUT2D eigenvalue weighted by Gasteiger charge is 2.46. The summed E-state index contributed by atoms with van der Waals surface area (Å²) in [6, 6.07) is 0.953. The van der Waals surface area contributed by atoms with E-state index in [2.05, 4.69) is 23.8 Å². The molecule has 102 valence electrons. The molecule has 2 saturated heterocycles. The van der Waals surface area contributed by atoms with E-state index in [4.69, 9.17) is 0 Å². The molecule has 2 aliphatic heterocycles. The maximum Gasteiger partial charge on any atom is 0.0102 e. The van der Waals surface area contributed by atoms with Gasteiger partial charge in [0.05, 0.1) is 0 Å². The van der Waals surface area contributed by atoms with Crippen molar-refractivity contribution in [2.45, 2.75) is 38.6 Å². The van der Waals surface area contributed by atoms with E-state index in [1.165, 1.54) is 51.9 Å². The Morgan fingerprint density at radius 3 is 1.78 bits per heavy atom. The van der Waals surface area contributed by atoms with Gasteiger partial charge in [-0.3, -0.25) is 4.90 Å². The van der Waals surface area contributed by atoms with Crippen molar-refractivity contribution in [1.29, 1.82) is 0 Å². The van der Waals surface area contributed by atoms with Crippen LogP contribution in [0.3, 0.4) is 0 Å². The van der Waals surface area contributed by atoms with Crippen LogP contribution >= 0.6 is 0 Å². The smallest absolute Gasteiger partial charge is 0.0102 e. The van der Waals surface area contributed by atoms with Gasteiger partial charge in [0.15, 0.2) is 0 Å². The van der Waals surface area contributed by atoms with Crippen molar-refractivity contribution in [2.24, 2.45) is 29.6 Å². The molecule has 4 atom stereocenters. The van der Waals surface area contributed by atoms with Gasteiger partial charge in [-0.2, -0.15) is 0 Å². The average Bonchev–Trinajstić information content (AvgIpc) is 2.94. The van der Waals surface area contributed by atoms with Crippen LogP contribution in [-0.2, 0) is 0 Å². The van der Waals surface area contributed by atoms with Crippen molar-refractivity contribution in [3.05, 3.63) is 0 Å². The van der Waals surface area contributed by atoms with Gasteiger partial charge in [0.2, 0.25) is 0 Å². The van der Waals surface area contributed by atoms with Crippen LogP contribution < -0.4 is 0 Å². The average molecular weight is 248 g/mol. The van der Waals surface area contributed by atoms with Crippen LogP contribution in [0.25, 0.3) is 0 Å². The molecule has 4 fully saturated rings. The number of likely N-dealkylation sites (tertiary alicyclic amines) is 2. The van der Waals surface area contributed by atoms with Crippen LogP contribution in [0.2, 0.25) is 0 Å². The Morgan fingerprint density at radius 2 is 1.22 bits per heavy atom. The van der Waals surface area contributed by atoms with E-state index in [0.29, 0.717) is 0 Å². The van der Waals surface area contributed by atoms with Crippen molar-refractivity contribution in [2.75, 3.05) is 33.2 Å². The van der Waals surface area contributed by atoms with Gasteiger partial charge in [0, 0.05) is 32.2 Å². The maximum absolute atomic E-state index is 2.89. The molecular weight excluding hydrogens is 220 g/mol. The van der Waals surface area contributed by atoms with E-state index in [1.807, 2.05) is 0 Å². The summed E-state index contributed by atoms with van der Waals surface area (Å²) in [7, 11) is 2.30. The molecule has 4 rings (SSSR count). The first kappa shape index (κ1) is 11.7. The number of nitrogens with zero attached hydrogens (tertiary/aromatic N) is 2. The Bertz CT molecular complexity index is 269. The van der Waals surface area contributed by atoms with Gasteiger partial charge >= 0.3 is 0 Å². The zero-order valence-electron chi connectivity index (χ0n) is 12.0. The Hall–Kier alpha value is -0.0800. The second kappa shape index (κ2) is 4.21. The number of hydrogen-bond donors (Lipinski definition) is 0. The molecule has 0 aromatic rings. The lowest BCUT2D eigenvalue weighted by Gasteiger charge is -2.26. The summed E-state index contributed by atoms with van der Waals surface area (Å²) in [5.41, 5.74) is 0. The fourth-order valence-electron chi connectivity index (χ4n) is 5.74. The van der Waals surface area contributed by atoms with Crippen LogP contribution in [0.15, 0.2) is 0 Å². The number of fused-ring (bicyclic) bond motifs is 2. The predicted octanol–water partition coefficient (Wildman–Crippen LogP) is 2.30. The van der Waals surface area contributed by atoms with E-state index in [1.54, 1.807) is 0 Å². The summed E-state index contributed by atoms with van der Waals surface area (Å²) in [4.78, 5) is 5.44. The van der Waals surface area contributed by atoms with Crippen LogP contribution in [-0.4, -0.2) is 49.1 Å². The second-order valence-electron chi connectivity index (χ2n) is 7.92. The molecule has 0 unspecified atom stereocenters. The van der Waals surface area contributed by atoms with Crippen LogP contribution in [0.5, 0.6) is 0 Å². The highest BCUT2D eigenvalue weighted by Crippen LogP contribution is 2.46. The third-order valence-electron chi connectivity index (χ3n) is 6.44. The van der Waals surface area contributed by atoms with Crippen molar-refractivity contribution in [1.82, 2.24) is 9.80 Å². The minimum Gasteiger partial charge on any atom is -0.306 e. The van der Waals surface area contributed by atoms with Gasteiger partial charge in [0.1, 0.15) is 0 Å². The zero-order valence-corrected chi connectivity index (χ0v) is 12.0. The van der Waals surface area contributed by atoms with E-state index >= 15 is 0 Å². The van der Waals surface area contributed by atoms with E-state index < -0.39 is 0 Å². The van der Waals surface area contributed by atoms with Crippen LogP contribution in [0.1, 0.15) is 32.6 Å². The Labute approximate surface area is 112 Å². The van der Waals surface area contributed by atoms with Crippen molar-refractivity contribution in [3.63, 3.8) is 0 Å². The van der Waals surface area contributed by atoms with Crippen molar-refractivity contribution in [3.8, 4) is 0 Å². The molecule has 2 heteroatoms. The second-order valence-corrected chi connectivity index (χ2v) is 7.92. The monoisotopic (exact) mass is 248 g/mol. The quantitative estimate of drug-likeness (QED) is 0.702. The minimum absolute atomic E-state index is 0.953. The summed E-state index contributed by atoms with van der Waals surface area (Å²) < 4.78 is 0. The molecule has 2 aliphatic carbocycles. The normalized spacial score (nSPS) is 47.0. The lowest BCUT2D eigenvalue weighted by Crippen LogP contribution is -2.34. The molecular formula is C16H28N2. The standard InChI is InChI=1S/C16H28N2/c1-11-3-12-9-18(10-13(12)4-11)16-5-14-7-17(2)8-15(14)6-16/h11-16H,3-10H2,1-2H3/t12-,13-,14-,15-/m0/s1. The fraction of sp³-hybridized carbons (Fsp3) is 1.00. The topological polar surface area (TPSA) is 6.48 Å². The van der Waals surface area contributed by atoms with Gasteiger partial charge in [-0.15, -0.1) is 0 Å².